The van der Waals surface area contributed by atoms with Gasteiger partial charge in [0.25, 0.3) is 5.56 Å². The quantitative estimate of drug-likeness (QED) is 0.635. The maximum absolute atomic E-state index is 13.0. The minimum atomic E-state index is -0.241. The number of rotatable bonds is 2. The summed E-state index contributed by atoms with van der Waals surface area (Å²) >= 11 is 1.35. The van der Waals surface area contributed by atoms with Crippen LogP contribution in [0.4, 0.5) is 0 Å². The average molecular weight is 414 g/mol. The summed E-state index contributed by atoms with van der Waals surface area (Å²) in [6.45, 7) is 6.78. The molecule has 0 atom stereocenters. The molecule has 0 radical (unpaired) electrons. The Hall–Kier alpha value is -2.36. The van der Waals surface area contributed by atoms with Gasteiger partial charge in [0.05, 0.1) is 43.0 Å². The van der Waals surface area contributed by atoms with Gasteiger partial charge in [-0.05, 0) is 19.9 Å². The van der Waals surface area contributed by atoms with Crippen molar-refractivity contribution >= 4 is 37.7 Å². The van der Waals surface area contributed by atoms with Crippen molar-refractivity contribution in [2.45, 2.75) is 39.0 Å². The smallest absolute Gasteiger partial charge is 0.271 e. The fourth-order valence-electron chi connectivity index (χ4n) is 3.85. The summed E-state index contributed by atoms with van der Waals surface area (Å²) in [6.07, 6.45) is 2.20. The molecule has 5 rings (SSSR count). The minimum Gasteiger partial charge on any atom is -0.378 e. The predicted octanol–water partition coefficient (Wildman–Crippen LogP) is 1.72. The third-order valence-electron chi connectivity index (χ3n) is 5.49. The Balaban J connectivity index is 1.53. The first kappa shape index (κ1) is 18.7. The van der Waals surface area contributed by atoms with Crippen molar-refractivity contribution in [3.63, 3.8) is 0 Å². The zero-order valence-corrected chi connectivity index (χ0v) is 17.3. The fourth-order valence-corrected chi connectivity index (χ4v) is 4.93. The number of fused-ring (bicyclic) bond motifs is 4. The molecule has 0 spiro atoms. The summed E-state index contributed by atoms with van der Waals surface area (Å²) in [5, 5.41) is 0.871. The van der Waals surface area contributed by atoms with Crippen LogP contribution in [0.3, 0.4) is 0 Å². The fraction of sp³-hybridized carbons (Fsp3) is 0.500. The lowest BCUT2D eigenvalue weighted by atomic mass is 9.95. The summed E-state index contributed by atoms with van der Waals surface area (Å²) in [4.78, 5) is 37.4. The molecular weight excluding hydrogens is 392 g/mol. The van der Waals surface area contributed by atoms with Crippen molar-refractivity contribution in [2.75, 3.05) is 26.3 Å². The predicted molar refractivity (Wildman–Crippen MR) is 109 cm³/mol. The number of pyridine rings is 1. The highest BCUT2D eigenvalue weighted by atomic mass is 32.1. The van der Waals surface area contributed by atoms with Gasteiger partial charge in [0.2, 0.25) is 5.91 Å². The second kappa shape index (κ2) is 6.86. The Morgan fingerprint density at radius 1 is 1.31 bits per heavy atom. The van der Waals surface area contributed by atoms with Crippen molar-refractivity contribution in [1.82, 2.24) is 19.4 Å². The number of morpholine rings is 1. The molecular formula is C20H22N4O4S. The van der Waals surface area contributed by atoms with Gasteiger partial charge in [-0.2, -0.15) is 0 Å². The molecule has 8 nitrogen and oxygen atoms in total. The molecule has 5 heterocycles. The van der Waals surface area contributed by atoms with Crippen LogP contribution in [-0.4, -0.2) is 57.2 Å². The molecule has 0 N–H and O–H groups in total. The van der Waals surface area contributed by atoms with Crippen LogP contribution >= 0.6 is 11.3 Å². The lowest BCUT2D eigenvalue weighted by Gasteiger charge is -2.30. The lowest BCUT2D eigenvalue weighted by molar-refractivity contribution is -0.135. The molecule has 1 fully saturated rings. The van der Waals surface area contributed by atoms with E-state index in [1.807, 2.05) is 6.07 Å². The Labute approximate surface area is 171 Å². The number of carbonyl (C=O) groups excluding carboxylic acids is 1. The number of thiophene rings is 1. The molecule has 0 aliphatic carbocycles. The molecule has 0 bridgehead atoms. The van der Waals surface area contributed by atoms with Crippen molar-refractivity contribution in [3.05, 3.63) is 34.0 Å². The monoisotopic (exact) mass is 414 g/mol. The second-order valence-electron chi connectivity index (χ2n) is 8.12. The topological polar surface area (TPSA) is 86.6 Å². The molecule has 3 aromatic rings. The number of amides is 1. The van der Waals surface area contributed by atoms with Gasteiger partial charge >= 0.3 is 0 Å². The van der Waals surface area contributed by atoms with Gasteiger partial charge in [-0.3, -0.25) is 14.2 Å². The van der Waals surface area contributed by atoms with E-state index in [2.05, 4.69) is 18.8 Å². The maximum atomic E-state index is 13.0. The van der Waals surface area contributed by atoms with Crippen LogP contribution in [0, 0.1) is 0 Å². The molecule has 29 heavy (non-hydrogen) atoms. The molecule has 0 unspecified atom stereocenters. The van der Waals surface area contributed by atoms with Crippen molar-refractivity contribution in [2.24, 2.45) is 0 Å². The number of hydrogen-bond donors (Lipinski definition) is 0. The molecule has 1 saturated heterocycles. The first-order chi connectivity index (χ1) is 13.9. The highest BCUT2D eigenvalue weighted by Crippen LogP contribution is 2.34. The third-order valence-corrected chi connectivity index (χ3v) is 6.56. The van der Waals surface area contributed by atoms with Crippen molar-refractivity contribution in [1.29, 1.82) is 0 Å². The number of ether oxygens (including phenoxy) is 2. The summed E-state index contributed by atoms with van der Waals surface area (Å²) in [7, 11) is 0. The van der Waals surface area contributed by atoms with E-state index in [1.54, 1.807) is 4.90 Å². The SMILES string of the molecule is CC1(C)Cc2nc3sc4c(=O)n(CC(=O)N5CCOCC5)cnc4c3cc2CO1. The largest absolute Gasteiger partial charge is 0.378 e. The van der Waals surface area contributed by atoms with Gasteiger partial charge in [-0.1, -0.05) is 0 Å². The van der Waals surface area contributed by atoms with Crippen LogP contribution in [0.1, 0.15) is 25.1 Å². The van der Waals surface area contributed by atoms with Gasteiger partial charge in [-0.25, -0.2) is 9.97 Å². The van der Waals surface area contributed by atoms with Crippen LogP contribution < -0.4 is 5.56 Å². The van der Waals surface area contributed by atoms with E-state index in [-0.39, 0.29) is 23.6 Å². The lowest BCUT2D eigenvalue weighted by Crippen LogP contribution is -2.43. The molecule has 3 aromatic heterocycles. The van der Waals surface area contributed by atoms with Gasteiger partial charge in [0.15, 0.2) is 0 Å². The second-order valence-corrected chi connectivity index (χ2v) is 9.12. The molecule has 9 heteroatoms. The van der Waals surface area contributed by atoms with E-state index >= 15 is 0 Å². The third kappa shape index (κ3) is 3.33. The van der Waals surface area contributed by atoms with Crippen molar-refractivity contribution < 1.29 is 14.3 Å². The Morgan fingerprint density at radius 3 is 2.90 bits per heavy atom. The van der Waals surface area contributed by atoms with Crippen LogP contribution in [0.25, 0.3) is 20.4 Å². The Morgan fingerprint density at radius 2 is 2.10 bits per heavy atom. The van der Waals surface area contributed by atoms with E-state index in [0.717, 1.165) is 27.9 Å². The first-order valence-electron chi connectivity index (χ1n) is 9.71. The molecule has 0 aromatic carbocycles. The highest BCUT2D eigenvalue weighted by Gasteiger charge is 2.28. The number of carbonyl (C=O) groups is 1. The van der Waals surface area contributed by atoms with Crippen molar-refractivity contribution in [3.8, 4) is 0 Å². The average Bonchev–Trinajstić information content (AvgIpc) is 3.06. The van der Waals surface area contributed by atoms with E-state index in [4.69, 9.17) is 14.5 Å². The van der Waals surface area contributed by atoms with Crippen LogP contribution in [0.2, 0.25) is 0 Å². The molecule has 1 amide bonds. The van der Waals surface area contributed by atoms with E-state index in [0.29, 0.717) is 43.1 Å². The minimum absolute atomic E-state index is 0.0119. The standard InChI is InChI=1S/C20H22N4O4S/c1-20(2)8-14-12(10-28-20)7-13-16-17(29-18(13)22-14)19(26)24(11-21-16)9-15(25)23-3-5-27-6-4-23/h7,11H,3-6,8-10H2,1-2H3. The first-order valence-corrected chi connectivity index (χ1v) is 10.5. The van der Waals surface area contributed by atoms with Crippen LogP contribution in [0.15, 0.2) is 17.2 Å². The maximum Gasteiger partial charge on any atom is 0.271 e. The molecule has 0 saturated carbocycles. The Kier molecular flexibility index (Phi) is 4.41. The summed E-state index contributed by atoms with van der Waals surface area (Å²) in [5.41, 5.74) is 2.27. The molecule has 2 aliphatic heterocycles. The van der Waals surface area contributed by atoms with E-state index < -0.39 is 0 Å². The van der Waals surface area contributed by atoms with Gasteiger partial charge in [0, 0.05) is 30.5 Å². The van der Waals surface area contributed by atoms with E-state index in [9.17, 15) is 9.59 Å². The molecule has 152 valence electrons. The zero-order chi connectivity index (χ0) is 20.2. The number of hydrogen-bond acceptors (Lipinski definition) is 7. The Bertz CT molecular complexity index is 1180. The molecule has 2 aliphatic rings. The summed E-state index contributed by atoms with van der Waals surface area (Å²) < 4.78 is 13.1. The van der Waals surface area contributed by atoms with Gasteiger partial charge in [0.1, 0.15) is 16.1 Å². The van der Waals surface area contributed by atoms with E-state index in [1.165, 1.54) is 22.2 Å². The number of aromatic nitrogens is 3. The van der Waals surface area contributed by atoms with Crippen LogP contribution in [-0.2, 0) is 33.8 Å². The summed E-state index contributed by atoms with van der Waals surface area (Å²) in [6, 6.07) is 2.04. The van der Waals surface area contributed by atoms with Gasteiger partial charge < -0.3 is 14.4 Å². The number of nitrogens with zero attached hydrogens (tertiary/aromatic N) is 4. The van der Waals surface area contributed by atoms with Gasteiger partial charge in [-0.15, -0.1) is 11.3 Å². The summed E-state index contributed by atoms with van der Waals surface area (Å²) in [5.74, 6) is -0.0920. The van der Waals surface area contributed by atoms with Crippen LogP contribution in [0.5, 0.6) is 0 Å². The normalized spacial score (nSPS) is 18.9. The highest BCUT2D eigenvalue weighted by molar-refractivity contribution is 7.25. The zero-order valence-electron chi connectivity index (χ0n) is 16.4.